The Labute approximate surface area is 104 Å². The summed E-state index contributed by atoms with van der Waals surface area (Å²) in [5.74, 6) is -0.265. The van der Waals surface area contributed by atoms with Crippen molar-refractivity contribution < 1.29 is 14.6 Å². The first-order valence-electron chi connectivity index (χ1n) is 5.33. The first-order valence-corrected chi connectivity index (χ1v) is 5.71. The van der Waals surface area contributed by atoms with E-state index in [1.807, 2.05) is 12.1 Å². The molecule has 1 aliphatic rings. The fraction of sp³-hybridized carbons (Fsp3) is 0.333. The Kier molecular flexibility index (Phi) is 3.64. The molecule has 0 aromatic heterocycles. The highest BCUT2D eigenvalue weighted by Gasteiger charge is 2.20. The molecule has 5 heteroatoms. The lowest BCUT2D eigenvalue weighted by Crippen LogP contribution is -2.08. The van der Waals surface area contributed by atoms with Gasteiger partial charge in [0.2, 0.25) is 5.90 Å². The quantitative estimate of drug-likeness (QED) is 0.896. The number of nitrogens with zero attached hydrogens (tertiary/aromatic N) is 1. The average molecular weight is 254 g/mol. The van der Waals surface area contributed by atoms with Gasteiger partial charge in [-0.25, -0.2) is 4.99 Å². The molecule has 4 nitrogen and oxygen atoms in total. The van der Waals surface area contributed by atoms with E-state index >= 15 is 0 Å². The molecule has 90 valence electrons. The molecule has 0 bridgehead atoms. The Hall–Kier alpha value is -1.55. The molecule has 1 aromatic carbocycles. The summed E-state index contributed by atoms with van der Waals surface area (Å²) in [6, 6.07) is 7.18. The van der Waals surface area contributed by atoms with Gasteiger partial charge in [0, 0.05) is 17.0 Å². The molecular weight excluding hydrogens is 242 g/mol. The van der Waals surface area contributed by atoms with Crippen LogP contribution in [0.25, 0.3) is 0 Å². The molecule has 0 saturated carbocycles. The number of carboxylic acids is 1. The van der Waals surface area contributed by atoms with Crippen LogP contribution in [-0.4, -0.2) is 29.6 Å². The van der Waals surface area contributed by atoms with Crippen molar-refractivity contribution in [2.75, 3.05) is 6.61 Å². The van der Waals surface area contributed by atoms with Crippen LogP contribution >= 0.6 is 11.6 Å². The zero-order valence-electron chi connectivity index (χ0n) is 9.10. The second-order valence-corrected chi connectivity index (χ2v) is 4.28. The van der Waals surface area contributed by atoms with Crippen molar-refractivity contribution in [2.45, 2.75) is 18.9 Å². The van der Waals surface area contributed by atoms with Crippen LogP contribution in [0.3, 0.4) is 0 Å². The first-order chi connectivity index (χ1) is 8.15. The van der Waals surface area contributed by atoms with Crippen molar-refractivity contribution in [3.05, 3.63) is 34.9 Å². The summed E-state index contributed by atoms with van der Waals surface area (Å²) in [4.78, 5) is 14.8. The maximum absolute atomic E-state index is 10.4. The van der Waals surface area contributed by atoms with Gasteiger partial charge in [-0.2, -0.15) is 0 Å². The van der Waals surface area contributed by atoms with E-state index in [-0.39, 0.29) is 12.5 Å². The Bertz CT molecular complexity index is 459. The Morgan fingerprint density at radius 3 is 3.12 bits per heavy atom. The molecule has 1 heterocycles. The number of carbonyl (C=O) groups is 1. The minimum absolute atomic E-state index is 0.0694. The van der Waals surface area contributed by atoms with Crippen molar-refractivity contribution in [1.29, 1.82) is 0 Å². The van der Waals surface area contributed by atoms with Crippen molar-refractivity contribution in [2.24, 2.45) is 4.99 Å². The minimum Gasteiger partial charge on any atom is -0.481 e. The molecule has 1 atom stereocenters. The van der Waals surface area contributed by atoms with Crippen LogP contribution in [-0.2, 0) is 9.53 Å². The van der Waals surface area contributed by atoms with E-state index in [0.717, 1.165) is 5.56 Å². The van der Waals surface area contributed by atoms with Crippen molar-refractivity contribution in [3.8, 4) is 0 Å². The zero-order valence-corrected chi connectivity index (χ0v) is 9.85. The lowest BCUT2D eigenvalue weighted by atomic mass is 10.2. The van der Waals surface area contributed by atoms with E-state index in [1.54, 1.807) is 12.1 Å². The van der Waals surface area contributed by atoms with E-state index < -0.39 is 5.97 Å². The molecule has 0 spiro atoms. The Balaban J connectivity index is 2.03. The number of aliphatic imine (C=N–C) groups is 1. The predicted molar refractivity (Wildman–Crippen MR) is 64.6 cm³/mol. The van der Waals surface area contributed by atoms with Gasteiger partial charge < -0.3 is 9.84 Å². The summed E-state index contributed by atoms with van der Waals surface area (Å²) in [5, 5.41) is 9.21. The molecule has 0 radical (unpaired) electrons. The van der Waals surface area contributed by atoms with E-state index in [9.17, 15) is 4.79 Å². The number of carboxylic acid groups (broad SMARTS) is 1. The highest BCUT2D eigenvalue weighted by molar-refractivity contribution is 6.30. The molecule has 1 aliphatic heterocycles. The molecule has 0 fully saturated rings. The monoisotopic (exact) mass is 253 g/mol. The number of rotatable bonds is 4. The third-order valence-electron chi connectivity index (χ3n) is 2.48. The number of hydrogen-bond acceptors (Lipinski definition) is 3. The van der Waals surface area contributed by atoms with E-state index in [4.69, 9.17) is 21.4 Å². The lowest BCUT2D eigenvalue weighted by molar-refractivity contribution is -0.137. The van der Waals surface area contributed by atoms with Crippen molar-refractivity contribution in [1.82, 2.24) is 0 Å². The number of halogens is 1. The van der Waals surface area contributed by atoms with Crippen LogP contribution in [0.4, 0.5) is 0 Å². The van der Waals surface area contributed by atoms with E-state index in [2.05, 4.69) is 4.99 Å². The third kappa shape index (κ3) is 3.20. The fourth-order valence-corrected chi connectivity index (χ4v) is 1.82. The van der Waals surface area contributed by atoms with Crippen LogP contribution in [0.5, 0.6) is 0 Å². The number of aliphatic carboxylic acids is 1. The largest absolute Gasteiger partial charge is 0.481 e. The number of benzene rings is 1. The molecule has 1 unspecified atom stereocenters. The van der Waals surface area contributed by atoms with Crippen molar-refractivity contribution >= 4 is 23.5 Å². The van der Waals surface area contributed by atoms with Gasteiger partial charge in [-0.3, -0.25) is 4.79 Å². The van der Waals surface area contributed by atoms with Gasteiger partial charge in [0.1, 0.15) is 6.61 Å². The molecule has 1 N–H and O–H groups in total. The van der Waals surface area contributed by atoms with Gasteiger partial charge >= 0.3 is 5.97 Å². The lowest BCUT2D eigenvalue weighted by Gasteiger charge is -2.01. The van der Waals surface area contributed by atoms with Gasteiger partial charge in [0.15, 0.2) is 0 Å². The molecular formula is C12H12ClNO3. The maximum atomic E-state index is 10.4. The normalized spacial score (nSPS) is 18.6. The fourth-order valence-electron chi connectivity index (χ4n) is 1.63. The minimum atomic E-state index is -0.809. The van der Waals surface area contributed by atoms with Crippen LogP contribution < -0.4 is 0 Å². The molecule has 0 amide bonds. The highest BCUT2D eigenvalue weighted by atomic mass is 35.5. The van der Waals surface area contributed by atoms with Gasteiger partial charge in [-0.15, -0.1) is 0 Å². The smallest absolute Gasteiger partial charge is 0.303 e. The maximum Gasteiger partial charge on any atom is 0.303 e. The van der Waals surface area contributed by atoms with Crippen molar-refractivity contribution in [3.63, 3.8) is 0 Å². The topological polar surface area (TPSA) is 58.9 Å². The summed E-state index contributed by atoms with van der Waals surface area (Å²) < 4.78 is 5.44. The standard InChI is InChI=1S/C12H12ClNO3/c13-9-3-1-2-8(6-9)12-14-10(7-17-12)4-5-11(15)16/h1-3,6,10H,4-5,7H2,(H,15,16). The molecule has 0 saturated heterocycles. The first kappa shape index (κ1) is 11.9. The molecule has 1 aromatic rings. The van der Waals surface area contributed by atoms with Gasteiger partial charge in [-0.05, 0) is 24.6 Å². The summed E-state index contributed by atoms with van der Waals surface area (Å²) in [5.41, 5.74) is 0.829. The SMILES string of the molecule is O=C(O)CCC1COC(c2cccc(Cl)c2)=N1. The summed E-state index contributed by atoms with van der Waals surface area (Å²) >= 11 is 5.87. The van der Waals surface area contributed by atoms with Crippen LogP contribution in [0, 0.1) is 0 Å². The predicted octanol–water partition coefficient (Wildman–Crippen LogP) is 2.35. The molecule has 0 aliphatic carbocycles. The third-order valence-corrected chi connectivity index (χ3v) is 2.71. The van der Waals surface area contributed by atoms with Gasteiger partial charge in [0.25, 0.3) is 0 Å². The number of hydrogen-bond donors (Lipinski definition) is 1. The zero-order chi connectivity index (χ0) is 12.3. The highest BCUT2D eigenvalue weighted by Crippen LogP contribution is 2.18. The van der Waals surface area contributed by atoms with Crippen LogP contribution in [0.1, 0.15) is 18.4 Å². The summed E-state index contributed by atoms with van der Waals surface area (Å²) in [7, 11) is 0. The summed E-state index contributed by atoms with van der Waals surface area (Å²) in [6.07, 6.45) is 0.611. The summed E-state index contributed by atoms with van der Waals surface area (Å²) in [6.45, 7) is 0.440. The Morgan fingerprint density at radius 1 is 1.59 bits per heavy atom. The average Bonchev–Trinajstić information content (AvgIpc) is 2.75. The Morgan fingerprint density at radius 2 is 2.41 bits per heavy atom. The van der Waals surface area contributed by atoms with Gasteiger partial charge in [0.05, 0.1) is 6.04 Å². The molecule has 2 rings (SSSR count). The molecule has 17 heavy (non-hydrogen) atoms. The van der Waals surface area contributed by atoms with E-state index in [0.29, 0.717) is 23.9 Å². The van der Waals surface area contributed by atoms with Crippen LogP contribution in [0.15, 0.2) is 29.3 Å². The van der Waals surface area contributed by atoms with Crippen LogP contribution in [0.2, 0.25) is 5.02 Å². The van der Waals surface area contributed by atoms with Gasteiger partial charge in [-0.1, -0.05) is 17.7 Å². The second kappa shape index (κ2) is 5.19. The second-order valence-electron chi connectivity index (χ2n) is 3.84. The van der Waals surface area contributed by atoms with E-state index in [1.165, 1.54) is 0 Å². The number of ether oxygens (including phenoxy) is 1.